The molecule has 21 heavy (non-hydrogen) atoms. The molecule has 0 atom stereocenters. The van der Waals surface area contributed by atoms with Gasteiger partial charge in [-0.15, -0.1) is 0 Å². The van der Waals surface area contributed by atoms with E-state index in [1.54, 1.807) is 24.3 Å². The Morgan fingerprint density at radius 1 is 1.14 bits per heavy atom. The highest BCUT2D eigenvalue weighted by Gasteiger charge is 2.30. The molecular formula is C16H25N3O2. The van der Waals surface area contributed by atoms with Gasteiger partial charge in [0, 0.05) is 6.54 Å². The highest BCUT2D eigenvalue weighted by atomic mass is 16.2. The van der Waals surface area contributed by atoms with E-state index in [0.29, 0.717) is 30.6 Å². The number of carbonyl (C=O) groups is 2. The highest BCUT2D eigenvalue weighted by Crippen LogP contribution is 2.19. The average Bonchev–Trinajstić information content (AvgIpc) is 2.52. The second-order valence-corrected chi connectivity index (χ2v) is 5.12. The maximum atomic E-state index is 12.3. The molecular weight excluding hydrogens is 266 g/mol. The second kappa shape index (κ2) is 7.78. The zero-order valence-electron chi connectivity index (χ0n) is 13.0. The number of nitrogens with one attached hydrogen (secondary N) is 2. The number of anilines is 1. The van der Waals surface area contributed by atoms with E-state index in [2.05, 4.69) is 10.6 Å². The first-order chi connectivity index (χ1) is 9.98. The van der Waals surface area contributed by atoms with Gasteiger partial charge in [0.1, 0.15) is 0 Å². The zero-order valence-corrected chi connectivity index (χ0v) is 13.0. The van der Waals surface area contributed by atoms with Crippen LogP contribution in [-0.2, 0) is 4.79 Å². The van der Waals surface area contributed by atoms with Crippen molar-refractivity contribution in [3.63, 3.8) is 0 Å². The predicted molar refractivity (Wildman–Crippen MR) is 85.2 cm³/mol. The van der Waals surface area contributed by atoms with Gasteiger partial charge < -0.3 is 16.4 Å². The molecule has 0 aliphatic rings. The number of para-hydroxylation sites is 1. The van der Waals surface area contributed by atoms with Crippen LogP contribution in [0.3, 0.4) is 0 Å². The van der Waals surface area contributed by atoms with Crippen LogP contribution in [0.2, 0.25) is 0 Å². The van der Waals surface area contributed by atoms with Crippen molar-refractivity contribution < 1.29 is 9.59 Å². The predicted octanol–water partition coefficient (Wildman–Crippen LogP) is 2.28. The molecule has 2 amide bonds. The SMILES string of the molecule is CCCNC(=O)c1ccccc1NC(=O)C(N)(CC)CC. The molecule has 0 saturated carbocycles. The molecule has 0 radical (unpaired) electrons. The summed E-state index contributed by atoms with van der Waals surface area (Å²) in [5, 5.41) is 5.59. The maximum absolute atomic E-state index is 12.3. The van der Waals surface area contributed by atoms with Gasteiger partial charge in [-0.1, -0.05) is 32.9 Å². The van der Waals surface area contributed by atoms with Crippen LogP contribution in [0, 0.1) is 0 Å². The van der Waals surface area contributed by atoms with Crippen molar-refractivity contribution in [2.45, 2.75) is 45.6 Å². The van der Waals surface area contributed by atoms with E-state index in [1.165, 1.54) is 0 Å². The Kier molecular flexibility index (Phi) is 6.37. The maximum Gasteiger partial charge on any atom is 0.253 e. The van der Waals surface area contributed by atoms with Gasteiger partial charge >= 0.3 is 0 Å². The number of rotatable bonds is 7. The largest absolute Gasteiger partial charge is 0.352 e. The van der Waals surface area contributed by atoms with Gasteiger partial charge in [0.05, 0.1) is 16.8 Å². The molecule has 1 rings (SSSR count). The Hall–Kier alpha value is -1.88. The monoisotopic (exact) mass is 291 g/mol. The van der Waals surface area contributed by atoms with Crippen molar-refractivity contribution in [3.05, 3.63) is 29.8 Å². The van der Waals surface area contributed by atoms with Gasteiger partial charge in [0.2, 0.25) is 5.91 Å². The summed E-state index contributed by atoms with van der Waals surface area (Å²) in [6.45, 7) is 6.34. The van der Waals surface area contributed by atoms with Crippen LogP contribution < -0.4 is 16.4 Å². The molecule has 0 aliphatic carbocycles. The summed E-state index contributed by atoms with van der Waals surface area (Å²) >= 11 is 0. The number of nitrogens with two attached hydrogens (primary N) is 1. The Morgan fingerprint density at radius 3 is 2.33 bits per heavy atom. The quantitative estimate of drug-likeness (QED) is 0.720. The third kappa shape index (κ3) is 4.29. The number of hydrogen-bond acceptors (Lipinski definition) is 3. The van der Waals surface area contributed by atoms with Crippen molar-refractivity contribution >= 4 is 17.5 Å². The summed E-state index contributed by atoms with van der Waals surface area (Å²) in [4.78, 5) is 24.4. The lowest BCUT2D eigenvalue weighted by Gasteiger charge is -2.25. The standard InChI is InChI=1S/C16H25N3O2/c1-4-11-18-14(20)12-9-7-8-10-13(12)19-15(21)16(17,5-2)6-3/h7-10H,4-6,11,17H2,1-3H3,(H,18,20)(H,19,21). The molecule has 5 heteroatoms. The van der Waals surface area contributed by atoms with Gasteiger partial charge in [-0.3, -0.25) is 9.59 Å². The fourth-order valence-corrected chi connectivity index (χ4v) is 1.94. The first kappa shape index (κ1) is 17.2. The normalized spacial score (nSPS) is 11.0. The minimum Gasteiger partial charge on any atom is -0.352 e. The molecule has 1 aromatic rings. The first-order valence-corrected chi connectivity index (χ1v) is 7.46. The van der Waals surface area contributed by atoms with Gasteiger partial charge in [-0.25, -0.2) is 0 Å². The molecule has 0 aliphatic heterocycles. The Morgan fingerprint density at radius 2 is 1.76 bits per heavy atom. The van der Waals surface area contributed by atoms with E-state index in [-0.39, 0.29) is 11.8 Å². The van der Waals surface area contributed by atoms with Crippen LogP contribution >= 0.6 is 0 Å². The topological polar surface area (TPSA) is 84.2 Å². The van der Waals surface area contributed by atoms with Gasteiger partial charge in [-0.2, -0.15) is 0 Å². The third-order valence-electron chi connectivity index (χ3n) is 3.67. The van der Waals surface area contributed by atoms with E-state index in [4.69, 9.17) is 5.73 Å². The molecule has 0 unspecified atom stereocenters. The lowest BCUT2D eigenvalue weighted by atomic mass is 9.93. The van der Waals surface area contributed by atoms with E-state index < -0.39 is 5.54 Å². The molecule has 0 fully saturated rings. The first-order valence-electron chi connectivity index (χ1n) is 7.46. The van der Waals surface area contributed by atoms with Gasteiger partial charge in [0.25, 0.3) is 5.91 Å². The highest BCUT2D eigenvalue weighted by molar-refractivity contribution is 6.05. The van der Waals surface area contributed by atoms with Crippen LogP contribution in [0.5, 0.6) is 0 Å². The molecule has 0 heterocycles. The second-order valence-electron chi connectivity index (χ2n) is 5.12. The van der Waals surface area contributed by atoms with Crippen molar-refractivity contribution in [1.29, 1.82) is 0 Å². The van der Waals surface area contributed by atoms with Crippen LogP contribution in [0.25, 0.3) is 0 Å². The van der Waals surface area contributed by atoms with Crippen LogP contribution in [0.1, 0.15) is 50.4 Å². The van der Waals surface area contributed by atoms with Gasteiger partial charge in [0.15, 0.2) is 0 Å². The molecule has 5 nitrogen and oxygen atoms in total. The fraction of sp³-hybridized carbons (Fsp3) is 0.500. The van der Waals surface area contributed by atoms with Crippen LogP contribution in [0.15, 0.2) is 24.3 Å². The number of hydrogen-bond donors (Lipinski definition) is 3. The van der Waals surface area contributed by atoms with E-state index in [9.17, 15) is 9.59 Å². The lowest BCUT2D eigenvalue weighted by Crippen LogP contribution is -2.50. The third-order valence-corrected chi connectivity index (χ3v) is 3.67. The van der Waals surface area contributed by atoms with Crippen molar-refractivity contribution in [1.82, 2.24) is 5.32 Å². The molecule has 0 saturated heterocycles. The molecule has 0 aromatic heterocycles. The minimum atomic E-state index is -0.910. The van der Waals surface area contributed by atoms with E-state index in [1.807, 2.05) is 20.8 Å². The van der Waals surface area contributed by atoms with Crippen molar-refractivity contribution in [2.75, 3.05) is 11.9 Å². The fourth-order valence-electron chi connectivity index (χ4n) is 1.94. The summed E-state index contributed by atoms with van der Waals surface area (Å²) in [7, 11) is 0. The average molecular weight is 291 g/mol. The molecule has 1 aromatic carbocycles. The van der Waals surface area contributed by atoms with Crippen LogP contribution in [0.4, 0.5) is 5.69 Å². The Balaban J connectivity index is 2.94. The molecule has 4 N–H and O–H groups in total. The van der Waals surface area contributed by atoms with Gasteiger partial charge in [-0.05, 0) is 31.4 Å². The summed E-state index contributed by atoms with van der Waals surface area (Å²) in [5.74, 6) is -0.452. The van der Waals surface area contributed by atoms with Crippen molar-refractivity contribution in [2.24, 2.45) is 5.73 Å². The van der Waals surface area contributed by atoms with E-state index >= 15 is 0 Å². The summed E-state index contributed by atoms with van der Waals surface area (Å²) < 4.78 is 0. The zero-order chi connectivity index (χ0) is 15.9. The summed E-state index contributed by atoms with van der Waals surface area (Å²) in [5.41, 5.74) is 6.12. The number of benzene rings is 1. The molecule has 0 bridgehead atoms. The molecule has 116 valence electrons. The minimum absolute atomic E-state index is 0.191. The lowest BCUT2D eigenvalue weighted by molar-refractivity contribution is -0.121. The van der Waals surface area contributed by atoms with Crippen molar-refractivity contribution in [3.8, 4) is 0 Å². The van der Waals surface area contributed by atoms with Crippen LogP contribution in [-0.4, -0.2) is 23.9 Å². The van der Waals surface area contributed by atoms with E-state index in [0.717, 1.165) is 6.42 Å². The molecule has 0 spiro atoms. The Bertz CT molecular complexity index is 496. The smallest absolute Gasteiger partial charge is 0.253 e. The Labute approximate surface area is 126 Å². The number of carbonyl (C=O) groups excluding carboxylic acids is 2. The summed E-state index contributed by atoms with van der Waals surface area (Å²) in [6, 6.07) is 6.95. The number of amides is 2. The summed E-state index contributed by atoms with van der Waals surface area (Å²) in [6.07, 6.45) is 1.94.